The van der Waals surface area contributed by atoms with Crippen molar-refractivity contribution in [1.29, 1.82) is 0 Å². The molecule has 0 aliphatic rings. The number of carbonyl (C=O) groups excluding carboxylic acids is 1. The van der Waals surface area contributed by atoms with E-state index in [9.17, 15) is 4.79 Å². The molecule has 5 heteroatoms. The minimum absolute atomic E-state index is 0.130. The fraction of sp³-hybridized carbons (Fsp3) is 0.0455. The highest BCUT2D eigenvalue weighted by atomic mass is 16.1. The number of amides is 1. The first kappa shape index (κ1) is 16.7. The lowest BCUT2D eigenvalue weighted by Gasteiger charge is -2.08. The van der Waals surface area contributed by atoms with Crippen LogP contribution < -0.4 is 5.32 Å². The lowest BCUT2D eigenvalue weighted by Crippen LogP contribution is -2.12. The zero-order valence-electron chi connectivity index (χ0n) is 14.6. The summed E-state index contributed by atoms with van der Waals surface area (Å²) in [4.78, 5) is 16.4. The fourth-order valence-electron chi connectivity index (χ4n) is 2.84. The molecule has 0 spiro atoms. The van der Waals surface area contributed by atoms with Crippen molar-refractivity contribution in [3.8, 4) is 11.1 Å². The summed E-state index contributed by atoms with van der Waals surface area (Å²) >= 11 is 0. The van der Waals surface area contributed by atoms with Crippen molar-refractivity contribution in [3.63, 3.8) is 0 Å². The van der Waals surface area contributed by atoms with E-state index >= 15 is 0 Å². The van der Waals surface area contributed by atoms with Crippen LogP contribution in [0.25, 0.3) is 11.1 Å². The van der Waals surface area contributed by atoms with Gasteiger partial charge in [0.2, 0.25) is 0 Å². The van der Waals surface area contributed by atoms with Crippen LogP contribution in [0.5, 0.6) is 0 Å². The van der Waals surface area contributed by atoms with Gasteiger partial charge in [-0.05, 0) is 41.0 Å². The van der Waals surface area contributed by atoms with E-state index in [4.69, 9.17) is 0 Å². The number of carbonyl (C=O) groups is 1. The van der Waals surface area contributed by atoms with Crippen LogP contribution in [-0.4, -0.2) is 20.7 Å². The third-order valence-electron chi connectivity index (χ3n) is 4.28. The quantitative estimate of drug-likeness (QED) is 0.583. The van der Waals surface area contributed by atoms with Crippen LogP contribution in [0.4, 0.5) is 5.69 Å². The second-order valence-corrected chi connectivity index (χ2v) is 6.19. The Hall–Kier alpha value is -3.73. The van der Waals surface area contributed by atoms with Crippen molar-refractivity contribution in [1.82, 2.24) is 14.8 Å². The van der Waals surface area contributed by atoms with Gasteiger partial charge in [-0.25, -0.2) is 9.67 Å². The summed E-state index contributed by atoms with van der Waals surface area (Å²) in [6.45, 7) is 0.628. The minimum Gasteiger partial charge on any atom is -0.322 e. The van der Waals surface area contributed by atoms with E-state index in [2.05, 4.69) is 27.5 Å². The van der Waals surface area contributed by atoms with Gasteiger partial charge in [-0.3, -0.25) is 4.79 Å². The first-order valence-corrected chi connectivity index (χ1v) is 8.66. The number of hydrogen-bond donors (Lipinski definition) is 1. The Kier molecular flexibility index (Phi) is 4.74. The maximum atomic E-state index is 12.5. The zero-order valence-corrected chi connectivity index (χ0v) is 14.6. The second-order valence-electron chi connectivity index (χ2n) is 6.19. The maximum Gasteiger partial charge on any atom is 0.255 e. The molecule has 1 N–H and O–H groups in total. The molecule has 0 atom stereocenters. The van der Waals surface area contributed by atoms with Gasteiger partial charge in [0.25, 0.3) is 5.91 Å². The number of benzene rings is 3. The van der Waals surface area contributed by atoms with Crippen molar-refractivity contribution < 1.29 is 4.79 Å². The van der Waals surface area contributed by atoms with Gasteiger partial charge in [0.1, 0.15) is 12.7 Å². The summed E-state index contributed by atoms with van der Waals surface area (Å²) < 4.78 is 1.74. The van der Waals surface area contributed by atoms with E-state index in [-0.39, 0.29) is 5.91 Å². The fourth-order valence-corrected chi connectivity index (χ4v) is 2.84. The highest BCUT2D eigenvalue weighted by Crippen LogP contribution is 2.21. The monoisotopic (exact) mass is 354 g/mol. The molecule has 132 valence electrons. The molecule has 0 radical (unpaired) electrons. The lowest BCUT2D eigenvalue weighted by molar-refractivity contribution is 0.102. The van der Waals surface area contributed by atoms with Gasteiger partial charge in [-0.1, -0.05) is 54.6 Å². The maximum absolute atomic E-state index is 12.5. The zero-order chi connectivity index (χ0) is 18.5. The van der Waals surface area contributed by atoms with E-state index in [0.29, 0.717) is 12.1 Å². The Labute approximate surface area is 157 Å². The molecule has 0 unspecified atom stereocenters. The van der Waals surface area contributed by atoms with Gasteiger partial charge in [0, 0.05) is 11.3 Å². The molecule has 1 heterocycles. The number of hydrogen-bond acceptors (Lipinski definition) is 3. The van der Waals surface area contributed by atoms with E-state index < -0.39 is 0 Å². The molecule has 0 aliphatic heterocycles. The van der Waals surface area contributed by atoms with Gasteiger partial charge in [0.15, 0.2) is 0 Å². The lowest BCUT2D eigenvalue weighted by atomic mass is 10.1. The molecule has 27 heavy (non-hydrogen) atoms. The van der Waals surface area contributed by atoms with Crippen molar-refractivity contribution >= 4 is 11.6 Å². The van der Waals surface area contributed by atoms with Gasteiger partial charge in [-0.15, -0.1) is 0 Å². The van der Waals surface area contributed by atoms with Crippen LogP contribution in [0.1, 0.15) is 15.9 Å². The molecule has 5 nitrogen and oxygen atoms in total. The Morgan fingerprint density at radius 2 is 1.56 bits per heavy atom. The van der Waals surface area contributed by atoms with Crippen molar-refractivity contribution in [2.24, 2.45) is 0 Å². The number of anilines is 1. The van der Waals surface area contributed by atoms with Crippen LogP contribution in [-0.2, 0) is 6.54 Å². The molecule has 1 amide bonds. The molecule has 3 aromatic carbocycles. The van der Waals surface area contributed by atoms with Gasteiger partial charge in [0.05, 0.1) is 6.54 Å². The van der Waals surface area contributed by atoms with E-state index in [1.165, 1.54) is 6.33 Å². The van der Waals surface area contributed by atoms with E-state index in [1.807, 2.05) is 66.7 Å². The molecule has 0 aliphatic carbocycles. The highest BCUT2D eigenvalue weighted by Gasteiger charge is 2.07. The number of rotatable bonds is 5. The molecule has 0 fully saturated rings. The molecule has 0 bridgehead atoms. The Balaban J connectivity index is 1.41. The van der Waals surface area contributed by atoms with Crippen LogP contribution in [0.3, 0.4) is 0 Å². The third-order valence-corrected chi connectivity index (χ3v) is 4.28. The second kappa shape index (κ2) is 7.66. The Morgan fingerprint density at radius 1 is 0.852 bits per heavy atom. The number of aromatic nitrogens is 3. The van der Waals surface area contributed by atoms with Gasteiger partial charge >= 0.3 is 0 Å². The average molecular weight is 354 g/mol. The van der Waals surface area contributed by atoms with Crippen molar-refractivity contribution in [3.05, 3.63) is 103 Å². The summed E-state index contributed by atoms with van der Waals surface area (Å²) in [7, 11) is 0. The summed E-state index contributed by atoms with van der Waals surface area (Å²) in [6, 6.07) is 25.5. The van der Waals surface area contributed by atoms with E-state index in [0.717, 1.165) is 22.4 Å². The molecule has 0 saturated carbocycles. The molecular formula is C22H18N4O. The molecular weight excluding hydrogens is 336 g/mol. The first-order valence-electron chi connectivity index (χ1n) is 8.66. The van der Waals surface area contributed by atoms with Crippen LogP contribution >= 0.6 is 0 Å². The van der Waals surface area contributed by atoms with Gasteiger partial charge in [-0.2, -0.15) is 5.10 Å². The van der Waals surface area contributed by atoms with E-state index in [1.54, 1.807) is 11.0 Å². The van der Waals surface area contributed by atoms with Crippen molar-refractivity contribution in [2.45, 2.75) is 6.54 Å². The summed E-state index contributed by atoms with van der Waals surface area (Å²) in [5.41, 5.74) is 4.71. The summed E-state index contributed by atoms with van der Waals surface area (Å²) in [5.74, 6) is -0.130. The SMILES string of the molecule is O=C(Nc1ccc(-c2ccccc2)cc1)c1ccc(Cn2cncn2)cc1. The van der Waals surface area contributed by atoms with Gasteiger partial charge < -0.3 is 5.32 Å². The Morgan fingerprint density at radius 3 is 2.22 bits per heavy atom. The standard InChI is InChI=1S/C22H18N4O/c27-22(20-8-6-17(7-9-20)14-26-16-23-15-24-26)25-21-12-10-19(11-13-21)18-4-2-1-3-5-18/h1-13,15-16H,14H2,(H,25,27). The first-order chi connectivity index (χ1) is 13.3. The van der Waals surface area contributed by atoms with Crippen LogP contribution in [0.2, 0.25) is 0 Å². The van der Waals surface area contributed by atoms with Crippen LogP contribution in [0, 0.1) is 0 Å². The molecule has 0 saturated heterocycles. The predicted molar refractivity (Wildman–Crippen MR) is 105 cm³/mol. The largest absolute Gasteiger partial charge is 0.322 e. The molecule has 4 rings (SSSR count). The number of nitrogens with one attached hydrogen (secondary N) is 1. The predicted octanol–water partition coefficient (Wildman–Crippen LogP) is 4.25. The normalized spacial score (nSPS) is 10.5. The van der Waals surface area contributed by atoms with Crippen LogP contribution in [0.15, 0.2) is 91.5 Å². The topological polar surface area (TPSA) is 59.8 Å². The summed E-state index contributed by atoms with van der Waals surface area (Å²) in [5, 5.41) is 7.02. The minimum atomic E-state index is -0.130. The average Bonchev–Trinajstić information content (AvgIpc) is 3.23. The summed E-state index contributed by atoms with van der Waals surface area (Å²) in [6.07, 6.45) is 3.17. The smallest absolute Gasteiger partial charge is 0.255 e. The van der Waals surface area contributed by atoms with Crippen molar-refractivity contribution in [2.75, 3.05) is 5.32 Å². The molecule has 4 aromatic rings. The number of nitrogens with zero attached hydrogens (tertiary/aromatic N) is 3. The third kappa shape index (κ3) is 4.10. The highest BCUT2D eigenvalue weighted by molar-refractivity contribution is 6.04. The Bertz CT molecular complexity index is 1010. The molecule has 1 aromatic heterocycles.